The van der Waals surface area contributed by atoms with Gasteiger partial charge in [0.25, 0.3) is 0 Å². The third-order valence-corrected chi connectivity index (χ3v) is 5.11. The molecule has 1 aliphatic carbocycles. The zero-order valence-corrected chi connectivity index (χ0v) is 14.3. The third kappa shape index (κ3) is 2.66. The quantitative estimate of drug-likeness (QED) is 0.796. The molecule has 3 aromatic rings. The van der Waals surface area contributed by atoms with Gasteiger partial charge in [-0.15, -0.1) is 0 Å². The molecule has 0 amide bonds. The van der Waals surface area contributed by atoms with Crippen LogP contribution >= 0.6 is 0 Å². The number of morpholine rings is 1. The number of pyridine rings is 1. The highest BCUT2D eigenvalue weighted by atomic mass is 16.5. The number of hydrogen-bond acceptors (Lipinski definition) is 5. The lowest BCUT2D eigenvalue weighted by Crippen LogP contribution is -2.44. The van der Waals surface area contributed by atoms with E-state index in [1.165, 1.54) is 18.5 Å². The maximum Gasteiger partial charge on any atom is 0.162 e. The molecule has 6 nitrogen and oxygen atoms in total. The summed E-state index contributed by atoms with van der Waals surface area (Å²) in [5, 5.41) is 1.11. The Balaban J connectivity index is 1.57. The number of anilines is 1. The molecular weight excluding hydrogens is 314 g/mol. The summed E-state index contributed by atoms with van der Waals surface area (Å²) in [5.41, 5.74) is 3.25. The number of hydrogen-bond donors (Lipinski definition) is 1. The minimum absolute atomic E-state index is 0.322. The molecule has 3 aromatic heterocycles. The topological polar surface area (TPSA) is 66.9 Å². The first-order chi connectivity index (χ1) is 12.3. The normalized spacial score (nSPS) is 21.0. The van der Waals surface area contributed by atoms with Crippen LogP contribution in [-0.4, -0.2) is 45.7 Å². The van der Waals surface area contributed by atoms with Crippen molar-refractivity contribution in [3.63, 3.8) is 0 Å². The van der Waals surface area contributed by atoms with Crippen molar-refractivity contribution in [2.45, 2.75) is 31.7 Å². The highest BCUT2D eigenvalue weighted by molar-refractivity contribution is 5.91. The summed E-state index contributed by atoms with van der Waals surface area (Å²) in [4.78, 5) is 19.6. The number of nitrogens with zero attached hydrogens (tertiary/aromatic N) is 4. The molecule has 1 saturated heterocycles. The Morgan fingerprint density at radius 3 is 2.92 bits per heavy atom. The van der Waals surface area contributed by atoms with Gasteiger partial charge in [0.15, 0.2) is 5.82 Å². The van der Waals surface area contributed by atoms with Crippen LogP contribution in [0.3, 0.4) is 0 Å². The van der Waals surface area contributed by atoms with Crippen LogP contribution in [0.25, 0.3) is 22.4 Å². The van der Waals surface area contributed by atoms with Crippen molar-refractivity contribution < 1.29 is 4.74 Å². The van der Waals surface area contributed by atoms with E-state index in [1.54, 1.807) is 0 Å². The van der Waals surface area contributed by atoms with Gasteiger partial charge in [0, 0.05) is 35.6 Å². The molecule has 25 heavy (non-hydrogen) atoms. The molecule has 0 bridgehead atoms. The monoisotopic (exact) mass is 335 g/mol. The molecule has 0 radical (unpaired) electrons. The van der Waals surface area contributed by atoms with Gasteiger partial charge in [-0.1, -0.05) is 0 Å². The van der Waals surface area contributed by atoms with E-state index >= 15 is 0 Å². The van der Waals surface area contributed by atoms with Crippen LogP contribution < -0.4 is 4.90 Å². The van der Waals surface area contributed by atoms with Gasteiger partial charge in [-0.2, -0.15) is 0 Å². The molecule has 1 atom stereocenters. The number of ether oxygens (including phenoxy) is 1. The average molecular weight is 335 g/mol. The predicted molar refractivity (Wildman–Crippen MR) is 96.7 cm³/mol. The third-order valence-electron chi connectivity index (χ3n) is 5.11. The van der Waals surface area contributed by atoms with E-state index in [2.05, 4.69) is 32.8 Å². The second kappa shape index (κ2) is 5.81. The van der Waals surface area contributed by atoms with Crippen LogP contribution in [0.2, 0.25) is 0 Å². The van der Waals surface area contributed by atoms with E-state index in [1.807, 2.05) is 24.5 Å². The minimum atomic E-state index is 0.322. The fraction of sp³-hybridized carbons (Fsp3) is 0.421. The Morgan fingerprint density at radius 1 is 1.20 bits per heavy atom. The Bertz CT molecular complexity index is 917. The lowest BCUT2D eigenvalue weighted by molar-refractivity contribution is 0.0985. The first-order valence-corrected chi connectivity index (χ1v) is 8.95. The molecule has 4 heterocycles. The van der Waals surface area contributed by atoms with Crippen LogP contribution in [-0.2, 0) is 4.74 Å². The Hall–Kier alpha value is -2.47. The van der Waals surface area contributed by atoms with Crippen molar-refractivity contribution in [2.24, 2.45) is 0 Å². The summed E-state index contributed by atoms with van der Waals surface area (Å²) in [5.74, 6) is 2.39. The first-order valence-electron chi connectivity index (χ1n) is 8.95. The molecule has 5 rings (SSSR count). The number of rotatable bonds is 3. The fourth-order valence-corrected chi connectivity index (χ4v) is 3.56. The molecule has 1 aliphatic heterocycles. The number of aromatic nitrogens is 4. The van der Waals surface area contributed by atoms with E-state index in [0.717, 1.165) is 48.0 Å². The molecule has 0 spiro atoms. The van der Waals surface area contributed by atoms with Gasteiger partial charge in [0.05, 0.1) is 19.3 Å². The largest absolute Gasteiger partial charge is 0.377 e. The Kier molecular flexibility index (Phi) is 3.45. The number of fused-ring (bicyclic) bond motifs is 1. The number of nitrogens with one attached hydrogen (secondary N) is 1. The summed E-state index contributed by atoms with van der Waals surface area (Å²) in [7, 11) is 0. The SMILES string of the molecule is C[C@@H]1COCCN1c1ccnc(-c2ccnc3[nH]c(C4CC4)cc23)n1. The van der Waals surface area contributed by atoms with Gasteiger partial charge in [-0.25, -0.2) is 15.0 Å². The maximum atomic E-state index is 5.54. The smallest absolute Gasteiger partial charge is 0.162 e. The molecule has 1 N–H and O–H groups in total. The van der Waals surface area contributed by atoms with Crippen LogP contribution in [0.5, 0.6) is 0 Å². The number of H-pyrrole nitrogens is 1. The second-order valence-corrected chi connectivity index (χ2v) is 6.98. The summed E-state index contributed by atoms with van der Waals surface area (Å²) >= 11 is 0. The molecule has 0 aromatic carbocycles. The molecule has 6 heteroatoms. The van der Waals surface area contributed by atoms with E-state index in [0.29, 0.717) is 12.0 Å². The Labute approximate surface area is 146 Å². The van der Waals surface area contributed by atoms with Gasteiger partial charge in [-0.05, 0) is 43.9 Å². The number of aromatic amines is 1. The minimum Gasteiger partial charge on any atom is -0.377 e. The van der Waals surface area contributed by atoms with Crippen LogP contribution in [0.4, 0.5) is 5.82 Å². The van der Waals surface area contributed by atoms with Crippen molar-refractivity contribution in [3.05, 3.63) is 36.3 Å². The summed E-state index contributed by atoms with van der Waals surface area (Å²) in [6.07, 6.45) is 6.21. The summed E-state index contributed by atoms with van der Waals surface area (Å²) < 4.78 is 5.54. The van der Waals surface area contributed by atoms with Crippen LogP contribution in [0.15, 0.2) is 30.6 Å². The standard InChI is InChI=1S/C19H21N5O/c1-12-11-25-9-8-24(12)17-5-7-21-18(23-17)14-4-6-20-19-15(14)10-16(22-19)13-2-3-13/h4-7,10,12-13H,2-3,8-9,11H2,1H3,(H,20,22)/t12-/m1/s1. The summed E-state index contributed by atoms with van der Waals surface area (Å²) in [6.45, 7) is 4.51. The van der Waals surface area contributed by atoms with E-state index < -0.39 is 0 Å². The molecule has 1 saturated carbocycles. The van der Waals surface area contributed by atoms with Gasteiger partial charge in [0.1, 0.15) is 11.5 Å². The van der Waals surface area contributed by atoms with E-state index in [4.69, 9.17) is 9.72 Å². The zero-order chi connectivity index (χ0) is 16.8. The molecule has 2 fully saturated rings. The van der Waals surface area contributed by atoms with Gasteiger partial charge >= 0.3 is 0 Å². The average Bonchev–Trinajstić information content (AvgIpc) is 3.40. The van der Waals surface area contributed by atoms with Gasteiger partial charge in [0.2, 0.25) is 0 Å². The van der Waals surface area contributed by atoms with Crippen molar-refractivity contribution in [2.75, 3.05) is 24.7 Å². The maximum absolute atomic E-state index is 5.54. The zero-order valence-electron chi connectivity index (χ0n) is 14.3. The lowest BCUT2D eigenvalue weighted by atomic mass is 10.1. The van der Waals surface area contributed by atoms with Crippen LogP contribution in [0.1, 0.15) is 31.4 Å². The molecule has 2 aliphatic rings. The van der Waals surface area contributed by atoms with E-state index in [-0.39, 0.29) is 0 Å². The highest BCUT2D eigenvalue weighted by Gasteiger charge is 2.26. The summed E-state index contributed by atoms with van der Waals surface area (Å²) in [6, 6.07) is 6.54. The van der Waals surface area contributed by atoms with Crippen molar-refractivity contribution in [3.8, 4) is 11.4 Å². The van der Waals surface area contributed by atoms with Crippen molar-refractivity contribution in [1.82, 2.24) is 19.9 Å². The van der Waals surface area contributed by atoms with Crippen molar-refractivity contribution >= 4 is 16.9 Å². The second-order valence-electron chi connectivity index (χ2n) is 6.98. The molecular formula is C19H21N5O. The van der Waals surface area contributed by atoms with Crippen molar-refractivity contribution in [1.29, 1.82) is 0 Å². The fourth-order valence-electron chi connectivity index (χ4n) is 3.56. The van der Waals surface area contributed by atoms with E-state index in [9.17, 15) is 0 Å². The lowest BCUT2D eigenvalue weighted by Gasteiger charge is -2.34. The predicted octanol–water partition coefficient (Wildman–Crippen LogP) is 3.12. The Morgan fingerprint density at radius 2 is 2.08 bits per heavy atom. The van der Waals surface area contributed by atoms with Gasteiger partial charge in [-0.3, -0.25) is 0 Å². The molecule has 0 unspecified atom stereocenters. The first kappa shape index (κ1) is 14.8. The molecule has 128 valence electrons. The van der Waals surface area contributed by atoms with Gasteiger partial charge < -0.3 is 14.6 Å². The highest BCUT2D eigenvalue weighted by Crippen LogP contribution is 2.41. The van der Waals surface area contributed by atoms with Crippen LogP contribution in [0, 0.1) is 0 Å².